The highest BCUT2D eigenvalue weighted by molar-refractivity contribution is 9.10. The molecule has 1 aromatic rings. The Kier molecular flexibility index (Phi) is 4.55. The van der Waals surface area contributed by atoms with Gasteiger partial charge in [-0.05, 0) is 30.2 Å². The first-order valence-electron chi connectivity index (χ1n) is 4.87. The smallest absolute Gasteiger partial charge is 0.339 e. The van der Waals surface area contributed by atoms with Gasteiger partial charge < -0.3 is 9.84 Å². The summed E-state index contributed by atoms with van der Waals surface area (Å²) < 4.78 is 6.21. The summed E-state index contributed by atoms with van der Waals surface area (Å²) in [5.74, 6) is -0.638. The molecule has 0 atom stereocenters. The van der Waals surface area contributed by atoms with E-state index in [0.717, 1.165) is 16.5 Å². The molecule has 0 aromatic heterocycles. The quantitative estimate of drug-likeness (QED) is 0.842. The number of aromatic carboxylic acids is 1. The van der Waals surface area contributed by atoms with Crippen molar-refractivity contribution in [2.24, 2.45) is 0 Å². The Bertz CT molecular complexity index is 413. The fourth-order valence-electron chi connectivity index (χ4n) is 1.07. The summed E-state index contributed by atoms with van der Waals surface area (Å²) in [4.78, 5) is 10.9. The van der Waals surface area contributed by atoms with Crippen molar-refractivity contribution in [1.82, 2.24) is 0 Å². The lowest BCUT2D eigenvalue weighted by atomic mass is 10.2. The minimum Gasteiger partial charge on any atom is -0.488 e. The fourth-order valence-corrected chi connectivity index (χ4v) is 1.41. The Balaban J connectivity index is 2.88. The first kappa shape index (κ1) is 12.8. The Morgan fingerprint density at radius 3 is 2.81 bits per heavy atom. The highest BCUT2D eigenvalue weighted by Crippen LogP contribution is 2.24. The third-order valence-electron chi connectivity index (χ3n) is 2.11. The summed E-state index contributed by atoms with van der Waals surface area (Å²) in [6, 6.07) is 4.83. The number of rotatable bonds is 5. The van der Waals surface area contributed by atoms with Crippen LogP contribution in [0.3, 0.4) is 0 Å². The van der Waals surface area contributed by atoms with Gasteiger partial charge in [0, 0.05) is 4.47 Å². The molecule has 0 aliphatic carbocycles. The highest BCUT2D eigenvalue weighted by Gasteiger charge is 2.11. The number of carboxylic acids is 1. The van der Waals surface area contributed by atoms with Crippen molar-refractivity contribution in [1.29, 1.82) is 0 Å². The normalized spacial score (nSPS) is 9.88. The van der Waals surface area contributed by atoms with Crippen LogP contribution in [0.1, 0.15) is 23.7 Å². The maximum absolute atomic E-state index is 10.9. The van der Waals surface area contributed by atoms with E-state index >= 15 is 0 Å². The standard InChI is InChI=1S/C12H13BrO3/c1-3-8(2)7-16-11-6-9(13)4-5-10(11)12(14)15/h4-6H,2-3,7H2,1H3,(H,14,15). The number of hydrogen-bond acceptors (Lipinski definition) is 2. The number of carboxylic acid groups (broad SMARTS) is 1. The van der Waals surface area contributed by atoms with Gasteiger partial charge in [-0.3, -0.25) is 0 Å². The fraction of sp³-hybridized carbons (Fsp3) is 0.250. The van der Waals surface area contributed by atoms with Crippen LogP contribution >= 0.6 is 15.9 Å². The second kappa shape index (κ2) is 5.70. The minimum atomic E-state index is -0.996. The molecule has 0 aliphatic rings. The molecular weight excluding hydrogens is 272 g/mol. The van der Waals surface area contributed by atoms with E-state index in [1.54, 1.807) is 12.1 Å². The summed E-state index contributed by atoms with van der Waals surface area (Å²) in [5, 5.41) is 8.96. The van der Waals surface area contributed by atoms with Gasteiger partial charge in [0.15, 0.2) is 0 Å². The minimum absolute atomic E-state index is 0.159. The van der Waals surface area contributed by atoms with Gasteiger partial charge in [-0.25, -0.2) is 4.79 Å². The molecule has 3 nitrogen and oxygen atoms in total. The average molecular weight is 285 g/mol. The van der Waals surface area contributed by atoms with Gasteiger partial charge in [0.05, 0.1) is 0 Å². The Hall–Kier alpha value is -1.29. The Labute approximate surface area is 103 Å². The molecule has 0 bridgehead atoms. The maximum atomic E-state index is 10.9. The zero-order valence-electron chi connectivity index (χ0n) is 9.00. The molecule has 86 valence electrons. The summed E-state index contributed by atoms with van der Waals surface area (Å²) in [6.45, 7) is 6.12. The lowest BCUT2D eigenvalue weighted by molar-refractivity contribution is 0.0692. The highest BCUT2D eigenvalue weighted by atomic mass is 79.9. The van der Waals surface area contributed by atoms with E-state index in [0.29, 0.717) is 12.4 Å². The summed E-state index contributed by atoms with van der Waals surface area (Å²) in [7, 11) is 0. The van der Waals surface area contributed by atoms with Gasteiger partial charge in [-0.15, -0.1) is 0 Å². The molecule has 0 saturated carbocycles. The van der Waals surface area contributed by atoms with Crippen LogP contribution in [0, 0.1) is 0 Å². The van der Waals surface area contributed by atoms with Crippen LogP contribution in [0.15, 0.2) is 34.8 Å². The number of carbonyl (C=O) groups is 1. The molecular formula is C12H13BrO3. The third-order valence-corrected chi connectivity index (χ3v) is 2.60. The molecule has 0 radical (unpaired) electrons. The van der Waals surface area contributed by atoms with Crippen molar-refractivity contribution < 1.29 is 14.6 Å². The van der Waals surface area contributed by atoms with Crippen molar-refractivity contribution in [3.05, 3.63) is 40.4 Å². The Morgan fingerprint density at radius 2 is 2.25 bits per heavy atom. The van der Waals surface area contributed by atoms with Crippen molar-refractivity contribution in [3.63, 3.8) is 0 Å². The Morgan fingerprint density at radius 1 is 1.56 bits per heavy atom. The predicted octanol–water partition coefficient (Wildman–Crippen LogP) is 3.49. The number of benzene rings is 1. The summed E-state index contributed by atoms with van der Waals surface area (Å²) >= 11 is 3.27. The molecule has 0 saturated heterocycles. The zero-order chi connectivity index (χ0) is 12.1. The molecule has 0 heterocycles. The molecule has 1 rings (SSSR count). The van der Waals surface area contributed by atoms with Crippen LogP contribution < -0.4 is 4.74 Å². The van der Waals surface area contributed by atoms with E-state index in [2.05, 4.69) is 22.5 Å². The molecule has 16 heavy (non-hydrogen) atoms. The molecule has 0 aliphatic heterocycles. The molecule has 4 heteroatoms. The van der Waals surface area contributed by atoms with Gasteiger partial charge in [-0.2, -0.15) is 0 Å². The van der Waals surface area contributed by atoms with E-state index in [1.807, 2.05) is 6.92 Å². The van der Waals surface area contributed by atoms with Crippen LogP contribution in [0.2, 0.25) is 0 Å². The van der Waals surface area contributed by atoms with Gasteiger partial charge >= 0.3 is 5.97 Å². The van der Waals surface area contributed by atoms with Gasteiger partial charge in [0.2, 0.25) is 0 Å². The number of ether oxygens (including phenoxy) is 1. The van der Waals surface area contributed by atoms with Crippen molar-refractivity contribution >= 4 is 21.9 Å². The average Bonchev–Trinajstić information content (AvgIpc) is 2.25. The van der Waals surface area contributed by atoms with E-state index in [9.17, 15) is 4.79 Å². The van der Waals surface area contributed by atoms with Crippen LogP contribution in [0.25, 0.3) is 0 Å². The van der Waals surface area contributed by atoms with Crippen LogP contribution in [-0.4, -0.2) is 17.7 Å². The van der Waals surface area contributed by atoms with Crippen molar-refractivity contribution in [2.75, 3.05) is 6.61 Å². The molecule has 0 spiro atoms. The summed E-state index contributed by atoms with van der Waals surface area (Å²) in [5.41, 5.74) is 1.09. The first-order chi connectivity index (χ1) is 7.54. The number of halogens is 1. The first-order valence-corrected chi connectivity index (χ1v) is 5.66. The van der Waals surface area contributed by atoms with Crippen LogP contribution in [-0.2, 0) is 0 Å². The van der Waals surface area contributed by atoms with E-state index < -0.39 is 5.97 Å². The van der Waals surface area contributed by atoms with Crippen LogP contribution in [0.4, 0.5) is 0 Å². The summed E-state index contributed by atoms with van der Waals surface area (Å²) in [6.07, 6.45) is 0.816. The largest absolute Gasteiger partial charge is 0.488 e. The van der Waals surface area contributed by atoms with E-state index in [1.165, 1.54) is 6.07 Å². The third kappa shape index (κ3) is 3.38. The van der Waals surface area contributed by atoms with Gasteiger partial charge in [0.1, 0.15) is 17.9 Å². The molecule has 1 N–H and O–H groups in total. The van der Waals surface area contributed by atoms with E-state index in [4.69, 9.17) is 9.84 Å². The SMILES string of the molecule is C=C(CC)COc1cc(Br)ccc1C(=O)O. The molecule has 0 unspecified atom stereocenters. The predicted molar refractivity (Wildman–Crippen MR) is 66.0 cm³/mol. The second-order valence-corrected chi connectivity index (χ2v) is 4.25. The van der Waals surface area contributed by atoms with Gasteiger partial charge in [0.25, 0.3) is 0 Å². The van der Waals surface area contributed by atoms with Crippen molar-refractivity contribution in [2.45, 2.75) is 13.3 Å². The monoisotopic (exact) mass is 284 g/mol. The molecule has 0 fully saturated rings. The zero-order valence-corrected chi connectivity index (χ0v) is 10.6. The lowest BCUT2D eigenvalue weighted by Gasteiger charge is -2.10. The lowest BCUT2D eigenvalue weighted by Crippen LogP contribution is -2.05. The molecule has 0 amide bonds. The van der Waals surface area contributed by atoms with Gasteiger partial charge in [-0.1, -0.05) is 29.4 Å². The van der Waals surface area contributed by atoms with Crippen molar-refractivity contribution in [3.8, 4) is 5.75 Å². The van der Waals surface area contributed by atoms with E-state index in [-0.39, 0.29) is 5.56 Å². The molecule has 1 aromatic carbocycles. The maximum Gasteiger partial charge on any atom is 0.339 e. The topological polar surface area (TPSA) is 46.5 Å². The van der Waals surface area contributed by atoms with Crippen LogP contribution in [0.5, 0.6) is 5.75 Å². The second-order valence-electron chi connectivity index (χ2n) is 3.34. The number of hydrogen-bond donors (Lipinski definition) is 1.